The van der Waals surface area contributed by atoms with Gasteiger partial charge in [-0.1, -0.05) is 24.3 Å². The van der Waals surface area contributed by atoms with Crippen molar-refractivity contribution in [2.45, 2.75) is 13.3 Å². The van der Waals surface area contributed by atoms with E-state index >= 15 is 0 Å². The Labute approximate surface area is 163 Å². The number of rotatable bonds is 7. The molecule has 0 unspecified atom stereocenters. The molecule has 0 saturated heterocycles. The van der Waals surface area contributed by atoms with Crippen LogP contribution in [0.4, 0.5) is 0 Å². The number of aromatic nitrogens is 1. The van der Waals surface area contributed by atoms with Crippen LogP contribution in [-0.2, 0) is 11.2 Å². The maximum Gasteiger partial charge on any atom is 0.216 e. The van der Waals surface area contributed by atoms with Gasteiger partial charge in [-0.3, -0.25) is 4.79 Å². The van der Waals surface area contributed by atoms with Crippen LogP contribution in [0.2, 0.25) is 0 Å². The summed E-state index contributed by atoms with van der Waals surface area (Å²) in [6.07, 6.45) is 0.813. The van der Waals surface area contributed by atoms with Crippen molar-refractivity contribution >= 4 is 17.2 Å². The van der Waals surface area contributed by atoms with Crippen LogP contribution in [0.3, 0.4) is 0 Å². The molecule has 0 spiro atoms. The number of amides is 1. The zero-order valence-corrected chi connectivity index (χ0v) is 16.4. The molecule has 6 heteroatoms. The molecule has 140 valence electrons. The van der Waals surface area contributed by atoms with Gasteiger partial charge in [0.1, 0.15) is 5.01 Å². The van der Waals surface area contributed by atoms with Crippen molar-refractivity contribution in [1.82, 2.24) is 10.3 Å². The van der Waals surface area contributed by atoms with Crippen LogP contribution in [0, 0.1) is 0 Å². The zero-order chi connectivity index (χ0) is 19.2. The van der Waals surface area contributed by atoms with Gasteiger partial charge in [-0.15, -0.1) is 11.3 Å². The van der Waals surface area contributed by atoms with E-state index in [4.69, 9.17) is 14.5 Å². The predicted molar refractivity (Wildman–Crippen MR) is 108 cm³/mol. The van der Waals surface area contributed by atoms with Crippen molar-refractivity contribution in [3.63, 3.8) is 0 Å². The standard InChI is InChI=1S/C21H22N2O3S/c1-14(24)22-11-10-15-4-6-16(7-5-15)18-13-27-21(23-18)17-8-9-19(25-2)20(12-17)26-3/h4-9,12-13H,10-11H2,1-3H3,(H,22,24). The molecule has 1 N–H and O–H groups in total. The van der Waals surface area contributed by atoms with Crippen molar-refractivity contribution in [3.05, 3.63) is 53.4 Å². The molecule has 3 rings (SSSR count). The minimum atomic E-state index is -0.00298. The van der Waals surface area contributed by atoms with Gasteiger partial charge in [0, 0.05) is 30.0 Å². The summed E-state index contributed by atoms with van der Waals surface area (Å²) in [5.41, 5.74) is 4.19. The van der Waals surface area contributed by atoms with E-state index in [9.17, 15) is 4.79 Å². The lowest BCUT2D eigenvalue weighted by atomic mass is 10.1. The van der Waals surface area contributed by atoms with E-state index in [1.807, 2.05) is 18.2 Å². The molecule has 1 aromatic heterocycles. The van der Waals surface area contributed by atoms with Crippen LogP contribution in [0.25, 0.3) is 21.8 Å². The second-order valence-electron chi connectivity index (χ2n) is 6.04. The molecule has 0 aliphatic heterocycles. The predicted octanol–water partition coefficient (Wildman–Crippen LogP) is 4.17. The maximum absolute atomic E-state index is 10.9. The molecule has 0 aliphatic rings. The summed E-state index contributed by atoms with van der Waals surface area (Å²) in [5.74, 6) is 1.39. The minimum Gasteiger partial charge on any atom is -0.493 e. The van der Waals surface area contributed by atoms with Gasteiger partial charge in [-0.05, 0) is 30.2 Å². The van der Waals surface area contributed by atoms with Crippen molar-refractivity contribution < 1.29 is 14.3 Å². The lowest BCUT2D eigenvalue weighted by Crippen LogP contribution is -2.22. The maximum atomic E-state index is 10.9. The highest BCUT2D eigenvalue weighted by Crippen LogP contribution is 2.35. The van der Waals surface area contributed by atoms with Crippen molar-refractivity contribution in [2.75, 3.05) is 20.8 Å². The lowest BCUT2D eigenvalue weighted by molar-refractivity contribution is -0.118. The molecule has 0 atom stereocenters. The number of thiazole rings is 1. The van der Waals surface area contributed by atoms with Gasteiger partial charge in [-0.25, -0.2) is 4.98 Å². The zero-order valence-electron chi connectivity index (χ0n) is 15.6. The average molecular weight is 382 g/mol. The van der Waals surface area contributed by atoms with E-state index in [-0.39, 0.29) is 5.91 Å². The Morgan fingerprint density at radius 3 is 2.41 bits per heavy atom. The van der Waals surface area contributed by atoms with E-state index in [1.54, 1.807) is 25.6 Å². The number of ether oxygens (including phenoxy) is 2. The van der Waals surface area contributed by atoms with Crippen LogP contribution >= 0.6 is 11.3 Å². The van der Waals surface area contributed by atoms with Gasteiger partial charge < -0.3 is 14.8 Å². The molecular weight excluding hydrogens is 360 g/mol. The Morgan fingerprint density at radius 2 is 1.74 bits per heavy atom. The van der Waals surface area contributed by atoms with Gasteiger partial charge in [0.25, 0.3) is 0 Å². The molecule has 0 aliphatic carbocycles. The fourth-order valence-electron chi connectivity index (χ4n) is 2.73. The molecular formula is C21H22N2O3S. The van der Waals surface area contributed by atoms with Crippen LogP contribution in [-0.4, -0.2) is 31.7 Å². The Balaban J connectivity index is 1.75. The first-order valence-corrected chi connectivity index (χ1v) is 9.50. The Hall–Kier alpha value is -2.86. The fraction of sp³-hybridized carbons (Fsp3) is 0.238. The Kier molecular flexibility index (Phi) is 6.08. The Morgan fingerprint density at radius 1 is 1.04 bits per heavy atom. The SMILES string of the molecule is COc1ccc(-c2nc(-c3ccc(CCNC(C)=O)cc3)cs2)cc1OC. The number of nitrogens with one attached hydrogen (secondary N) is 1. The van der Waals surface area contributed by atoms with Gasteiger partial charge in [0.15, 0.2) is 11.5 Å². The fourth-order valence-corrected chi connectivity index (χ4v) is 3.56. The van der Waals surface area contributed by atoms with E-state index in [1.165, 1.54) is 12.5 Å². The molecule has 2 aromatic carbocycles. The van der Waals surface area contributed by atoms with Crippen molar-refractivity contribution in [2.24, 2.45) is 0 Å². The number of nitrogens with zero attached hydrogens (tertiary/aromatic N) is 1. The molecule has 0 saturated carbocycles. The molecule has 0 fully saturated rings. The van der Waals surface area contributed by atoms with Gasteiger partial charge in [-0.2, -0.15) is 0 Å². The number of hydrogen-bond acceptors (Lipinski definition) is 5. The van der Waals surface area contributed by atoms with Crippen LogP contribution < -0.4 is 14.8 Å². The third kappa shape index (κ3) is 4.65. The first kappa shape index (κ1) is 18.9. The largest absolute Gasteiger partial charge is 0.493 e. The third-order valence-electron chi connectivity index (χ3n) is 4.17. The summed E-state index contributed by atoms with van der Waals surface area (Å²) in [5, 5.41) is 5.80. The average Bonchev–Trinajstić information content (AvgIpc) is 3.18. The van der Waals surface area contributed by atoms with E-state index < -0.39 is 0 Å². The summed E-state index contributed by atoms with van der Waals surface area (Å²) < 4.78 is 10.7. The molecule has 0 bridgehead atoms. The second kappa shape index (κ2) is 8.68. The van der Waals surface area contributed by atoms with Gasteiger partial charge in [0.2, 0.25) is 5.91 Å². The number of methoxy groups -OCH3 is 2. The highest BCUT2D eigenvalue weighted by molar-refractivity contribution is 7.13. The summed E-state index contributed by atoms with van der Waals surface area (Å²) in [7, 11) is 3.25. The van der Waals surface area contributed by atoms with E-state index in [2.05, 4.69) is 35.0 Å². The van der Waals surface area contributed by atoms with Gasteiger partial charge >= 0.3 is 0 Å². The topological polar surface area (TPSA) is 60.5 Å². The van der Waals surface area contributed by atoms with Crippen LogP contribution in [0.15, 0.2) is 47.8 Å². The molecule has 5 nitrogen and oxygen atoms in total. The Bertz CT molecular complexity index is 919. The monoisotopic (exact) mass is 382 g/mol. The smallest absolute Gasteiger partial charge is 0.216 e. The minimum absolute atomic E-state index is 0.00298. The van der Waals surface area contributed by atoms with Crippen molar-refractivity contribution in [3.8, 4) is 33.3 Å². The number of carbonyl (C=O) groups is 1. The highest BCUT2D eigenvalue weighted by atomic mass is 32.1. The highest BCUT2D eigenvalue weighted by Gasteiger charge is 2.10. The number of benzene rings is 2. The third-order valence-corrected chi connectivity index (χ3v) is 5.06. The van der Waals surface area contributed by atoms with E-state index in [0.29, 0.717) is 18.0 Å². The lowest BCUT2D eigenvalue weighted by Gasteiger charge is -2.08. The summed E-state index contributed by atoms with van der Waals surface area (Å²) in [6, 6.07) is 14.1. The van der Waals surface area contributed by atoms with Crippen LogP contribution in [0.5, 0.6) is 11.5 Å². The number of carbonyl (C=O) groups excluding carboxylic acids is 1. The second-order valence-corrected chi connectivity index (χ2v) is 6.90. The first-order chi connectivity index (χ1) is 13.1. The number of hydrogen-bond donors (Lipinski definition) is 1. The molecule has 0 radical (unpaired) electrons. The quantitative estimate of drug-likeness (QED) is 0.666. The summed E-state index contributed by atoms with van der Waals surface area (Å²) >= 11 is 1.60. The summed E-state index contributed by atoms with van der Waals surface area (Å²) in [6.45, 7) is 2.18. The van der Waals surface area contributed by atoms with Gasteiger partial charge in [0.05, 0.1) is 19.9 Å². The van der Waals surface area contributed by atoms with Crippen molar-refractivity contribution in [1.29, 1.82) is 0 Å². The molecule has 27 heavy (non-hydrogen) atoms. The van der Waals surface area contributed by atoms with E-state index in [0.717, 1.165) is 28.2 Å². The molecule has 3 aromatic rings. The normalized spacial score (nSPS) is 10.5. The first-order valence-electron chi connectivity index (χ1n) is 8.62. The molecule has 1 heterocycles. The summed E-state index contributed by atoms with van der Waals surface area (Å²) in [4.78, 5) is 15.7. The van der Waals surface area contributed by atoms with Crippen LogP contribution in [0.1, 0.15) is 12.5 Å². The molecule has 1 amide bonds.